The highest BCUT2D eigenvalue weighted by molar-refractivity contribution is 6.23. The topological polar surface area (TPSA) is 131 Å². The molecule has 0 radical (unpaired) electrons. The van der Waals surface area contributed by atoms with Crippen LogP contribution in [0.15, 0.2) is 18.2 Å². The molecule has 0 aromatic heterocycles. The Morgan fingerprint density at radius 1 is 1.10 bits per heavy atom. The summed E-state index contributed by atoms with van der Waals surface area (Å²) in [5, 5.41) is 5.47. The molecule has 2 aliphatic rings. The molecule has 0 bridgehead atoms. The van der Waals surface area contributed by atoms with Crippen molar-refractivity contribution in [1.82, 2.24) is 15.5 Å². The molecule has 4 N–H and O–H groups in total. The first-order valence-corrected chi connectivity index (χ1v) is 9.86. The van der Waals surface area contributed by atoms with Crippen LogP contribution in [0.5, 0.6) is 0 Å². The smallest absolute Gasteiger partial charge is 0.262 e. The predicted molar refractivity (Wildman–Crippen MR) is 104 cm³/mol. The summed E-state index contributed by atoms with van der Waals surface area (Å²) in [5.74, 6) is -1.98. The average molecular weight is 402 g/mol. The van der Waals surface area contributed by atoms with Crippen LogP contribution in [0.4, 0.5) is 0 Å². The van der Waals surface area contributed by atoms with Gasteiger partial charge in [0.05, 0.1) is 11.1 Å². The molecule has 2 aliphatic heterocycles. The number of carbonyl (C=O) groups is 4. The van der Waals surface area contributed by atoms with E-state index in [-0.39, 0.29) is 24.3 Å². The number of piperidine rings is 1. The van der Waals surface area contributed by atoms with Crippen LogP contribution in [0, 0.1) is 0 Å². The van der Waals surface area contributed by atoms with E-state index >= 15 is 0 Å². The summed E-state index contributed by atoms with van der Waals surface area (Å²) in [6, 6.07) is 4.16. The molecule has 1 aromatic carbocycles. The SMILES string of the molecule is NCCCOCCCNCc1ccc2c(c1)C(=O)N(C1CCC(=O)NC1=O)C2=O. The van der Waals surface area contributed by atoms with E-state index in [2.05, 4.69) is 10.6 Å². The van der Waals surface area contributed by atoms with Crippen LogP contribution in [-0.4, -0.2) is 60.9 Å². The number of hydrogen-bond donors (Lipinski definition) is 3. The second-order valence-corrected chi connectivity index (χ2v) is 7.11. The molecule has 2 heterocycles. The lowest BCUT2D eigenvalue weighted by Gasteiger charge is -2.27. The summed E-state index contributed by atoms with van der Waals surface area (Å²) in [4.78, 5) is 49.8. The third-order valence-corrected chi connectivity index (χ3v) is 4.97. The van der Waals surface area contributed by atoms with Crippen molar-refractivity contribution in [3.63, 3.8) is 0 Å². The third kappa shape index (κ3) is 4.87. The third-order valence-electron chi connectivity index (χ3n) is 4.97. The summed E-state index contributed by atoms with van der Waals surface area (Å²) < 4.78 is 5.44. The fourth-order valence-corrected chi connectivity index (χ4v) is 3.45. The monoisotopic (exact) mass is 402 g/mol. The molecule has 9 nitrogen and oxygen atoms in total. The van der Waals surface area contributed by atoms with Crippen LogP contribution in [0.3, 0.4) is 0 Å². The number of carbonyl (C=O) groups excluding carboxylic acids is 4. The number of rotatable bonds is 10. The Balaban J connectivity index is 1.55. The number of nitrogens with zero attached hydrogens (tertiary/aromatic N) is 1. The van der Waals surface area contributed by atoms with E-state index in [1.807, 2.05) is 0 Å². The maximum atomic E-state index is 12.8. The second-order valence-electron chi connectivity index (χ2n) is 7.11. The van der Waals surface area contributed by atoms with Gasteiger partial charge in [-0.25, -0.2) is 0 Å². The average Bonchev–Trinajstić information content (AvgIpc) is 2.94. The molecular formula is C20H26N4O5. The molecule has 9 heteroatoms. The highest BCUT2D eigenvalue weighted by atomic mass is 16.5. The summed E-state index contributed by atoms with van der Waals surface area (Å²) in [6.45, 7) is 3.26. The van der Waals surface area contributed by atoms with E-state index in [0.29, 0.717) is 31.9 Å². The van der Waals surface area contributed by atoms with E-state index < -0.39 is 23.8 Å². The highest BCUT2D eigenvalue weighted by Gasteiger charge is 2.44. The number of nitrogens with one attached hydrogen (secondary N) is 2. The van der Waals surface area contributed by atoms with Crippen molar-refractivity contribution in [1.29, 1.82) is 0 Å². The Morgan fingerprint density at radius 3 is 2.62 bits per heavy atom. The molecule has 0 spiro atoms. The van der Waals surface area contributed by atoms with Gasteiger partial charge in [0.25, 0.3) is 11.8 Å². The Morgan fingerprint density at radius 2 is 1.86 bits per heavy atom. The van der Waals surface area contributed by atoms with Crippen LogP contribution in [0.2, 0.25) is 0 Å². The van der Waals surface area contributed by atoms with Gasteiger partial charge in [0, 0.05) is 26.2 Å². The lowest BCUT2D eigenvalue weighted by Crippen LogP contribution is -2.54. The van der Waals surface area contributed by atoms with Crippen molar-refractivity contribution in [3.8, 4) is 0 Å². The molecule has 29 heavy (non-hydrogen) atoms. The molecule has 1 aromatic rings. The first-order valence-electron chi connectivity index (χ1n) is 9.86. The van der Waals surface area contributed by atoms with E-state index in [9.17, 15) is 19.2 Å². The maximum Gasteiger partial charge on any atom is 0.262 e. The van der Waals surface area contributed by atoms with E-state index in [1.165, 1.54) is 0 Å². The van der Waals surface area contributed by atoms with Crippen molar-refractivity contribution in [2.45, 2.75) is 38.3 Å². The molecule has 4 amide bonds. The number of ether oxygens (including phenoxy) is 1. The zero-order valence-corrected chi connectivity index (χ0v) is 16.2. The van der Waals surface area contributed by atoms with Crippen LogP contribution < -0.4 is 16.4 Å². The Hall–Kier alpha value is -2.62. The number of imide groups is 2. The summed E-state index contributed by atoms with van der Waals surface area (Å²) in [7, 11) is 0. The molecule has 1 saturated heterocycles. The van der Waals surface area contributed by atoms with Crippen LogP contribution in [-0.2, 0) is 20.9 Å². The van der Waals surface area contributed by atoms with Crippen molar-refractivity contribution in [3.05, 3.63) is 34.9 Å². The molecule has 3 rings (SSSR count). The van der Waals surface area contributed by atoms with Gasteiger partial charge in [-0.15, -0.1) is 0 Å². The quantitative estimate of drug-likeness (QED) is 0.369. The molecule has 156 valence electrons. The molecule has 1 unspecified atom stereocenters. The molecule has 0 saturated carbocycles. The van der Waals surface area contributed by atoms with Gasteiger partial charge < -0.3 is 15.8 Å². The Bertz CT molecular complexity index is 810. The van der Waals surface area contributed by atoms with Crippen molar-refractivity contribution in [2.24, 2.45) is 5.73 Å². The van der Waals surface area contributed by atoms with E-state index in [0.717, 1.165) is 29.8 Å². The van der Waals surface area contributed by atoms with Crippen molar-refractivity contribution >= 4 is 23.6 Å². The largest absolute Gasteiger partial charge is 0.381 e. The van der Waals surface area contributed by atoms with Gasteiger partial charge in [-0.2, -0.15) is 0 Å². The zero-order chi connectivity index (χ0) is 20.8. The Kier molecular flexibility index (Phi) is 7.08. The maximum absolute atomic E-state index is 12.8. The first kappa shape index (κ1) is 21.1. The number of benzene rings is 1. The van der Waals surface area contributed by atoms with Crippen LogP contribution in [0.25, 0.3) is 0 Å². The van der Waals surface area contributed by atoms with Gasteiger partial charge in [-0.1, -0.05) is 6.07 Å². The minimum Gasteiger partial charge on any atom is -0.381 e. The predicted octanol–water partition coefficient (Wildman–Crippen LogP) is -0.0671. The molecule has 1 atom stereocenters. The standard InChI is InChI=1S/C20H26N4O5/c21-7-1-9-29-10-2-8-22-12-13-3-4-14-15(11-13)20(28)24(19(14)27)16-5-6-17(25)23-18(16)26/h3-4,11,16,22H,1-2,5-10,12,21H2,(H,23,25,26). The molecular weight excluding hydrogens is 376 g/mol. The zero-order valence-electron chi connectivity index (χ0n) is 16.2. The summed E-state index contributed by atoms with van der Waals surface area (Å²) in [6.07, 6.45) is 1.97. The molecule has 1 fully saturated rings. The van der Waals surface area contributed by atoms with Crippen LogP contribution >= 0.6 is 0 Å². The number of amides is 4. The van der Waals surface area contributed by atoms with E-state index in [1.54, 1.807) is 18.2 Å². The highest BCUT2D eigenvalue weighted by Crippen LogP contribution is 2.28. The first-order chi connectivity index (χ1) is 14.0. The van der Waals surface area contributed by atoms with Gasteiger partial charge in [0.15, 0.2) is 0 Å². The van der Waals surface area contributed by atoms with Crippen molar-refractivity contribution in [2.75, 3.05) is 26.3 Å². The van der Waals surface area contributed by atoms with Gasteiger partial charge in [0.2, 0.25) is 11.8 Å². The lowest BCUT2D eigenvalue weighted by molar-refractivity contribution is -0.136. The van der Waals surface area contributed by atoms with Crippen molar-refractivity contribution < 1.29 is 23.9 Å². The number of hydrogen-bond acceptors (Lipinski definition) is 7. The number of fused-ring (bicyclic) bond motifs is 1. The lowest BCUT2D eigenvalue weighted by atomic mass is 10.0. The fraction of sp³-hybridized carbons (Fsp3) is 0.500. The van der Waals surface area contributed by atoms with E-state index in [4.69, 9.17) is 10.5 Å². The molecule has 0 aliphatic carbocycles. The normalized spacial score (nSPS) is 18.9. The fourth-order valence-electron chi connectivity index (χ4n) is 3.45. The summed E-state index contributed by atoms with van der Waals surface area (Å²) >= 11 is 0. The summed E-state index contributed by atoms with van der Waals surface area (Å²) in [5.41, 5.74) is 6.86. The Labute approximate surface area is 168 Å². The van der Waals surface area contributed by atoms with Crippen LogP contribution in [0.1, 0.15) is 52.0 Å². The van der Waals surface area contributed by atoms with Gasteiger partial charge >= 0.3 is 0 Å². The van der Waals surface area contributed by atoms with Gasteiger partial charge in [-0.3, -0.25) is 29.4 Å². The second kappa shape index (κ2) is 9.73. The van der Waals surface area contributed by atoms with Gasteiger partial charge in [0.1, 0.15) is 6.04 Å². The van der Waals surface area contributed by atoms with Gasteiger partial charge in [-0.05, 0) is 50.0 Å². The number of nitrogens with two attached hydrogens (primary N) is 1. The minimum atomic E-state index is -0.944. The minimum absolute atomic E-state index is 0.106.